The number of carbonyl (C=O) groups excluding carboxylic acids is 1. The Morgan fingerprint density at radius 1 is 1.48 bits per heavy atom. The molecule has 1 unspecified atom stereocenters. The fourth-order valence-electron chi connectivity index (χ4n) is 2.46. The minimum Gasteiger partial charge on any atom is -0.496 e. The van der Waals surface area contributed by atoms with Crippen LogP contribution in [0.2, 0.25) is 0 Å². The van der Waals surface area contributed by atoms with E-state index in [1.807, 2.05) is 24.3 Å². The Morgan fingerprint density at radius 2 is 2.24 bits per heavy atom. The Kier molecular flexibility index (Phi) is 7.50. The fraction of sp³-hybridized carbons (Fsp3) is 0.533. The molecule has 118 valence electrons. The summed E-state index contributed by atoms with van der Waals surface area (Å²) in [6.07, 6.45) is 2.18. The molecule has 2 rings (SSSR count). The first-order valence-electron chi connectivity index (χ1n) is 6.96. The van der Waals surface area contributed by atoms with Gasteiger partial charge in [-0.15, -0.1) is 12.4 Å². The predicted molar refractivity (Wildman–Crippen MR) is 83.7 cm³/mol. The van der Waals surface area contributed by atoms with Crippen molar-refractivity contribution in [2.45, 2.75) is 25.5 Å². The van der Waals surface area contributed by atoms with E-state index in [9.17, 15) is 4.79 Å². The van der Waals surface area contributed by atoms with Crippen LogP contribution in [0.5, 0.6) is 5.75 Å². The number of ether oxygens (including phenoxy) is 2. The van der Waals surface area contributed by atoms with Crippen molar-refractivity contribution in [2.75, 3.05) is 26.8 Å². The van der Waals surface area contributed by atoms with Crippen LogP contribution in [0.3, 0.4) is 0 Å². The van der Waals surface area contributed by atoms with Crippen molar-refractivity contribution in [2.24, 2.45) is 5.73 Å². The van der Waals surface area contributed by atoms with E-state index in [1.165, 1.54) is 0 Å². The first-order valence-corrected chi connectivity index (χ1v) is 6.96. The second-order valence-corrected chi connectivity index (χ2v) is 4.93. The number of methoxy groups -OCH3 is 1. The van der Waals surface area contributed by atoms with Crippen molar-refractivity contribution in [1.82, 2.24) is 4.90 Å². The summed E-state index contributed by atoms with van der Waals surface area (Å²) in [6, 6.07) is 7.71. The average molecular weight is 315 g/mol. The number of halogens is 1. The molecular weight excluding hydrogens is 292 g/mol. The highest BCUT2D eigenvalue weighted by molar-refractivity contribution is 5.85. The lowest BCUT2D eigenvalue weighted by Gasteiger charge is -2.25. The van der Waals surface area contributed by atoms with Gasteiger partial charge in [-0.25, -0.2) is 0 Å². The smallest absolute Gasteiger partial charge is 0.236 e. The lowest BCUT2D eigenvalue weighted by Crippen LogP contribution is -2.40. The van der Waals surface area contributed by atoms with Gasteiger partial charge in [-0.2, -0.15) is 0 Å². The third-order valence-corrected chi connectivity index (χ3v) is 3.53. The monoisotopic (exact) mass is 314 g/mol. The number of rotatable bonds is 6. The number of hydrogen-bond donors (Lipinski definition) is 1. The highest BCUT2D eigenvalue weighted by atomic mass is 35.5. The van der Waals surface area contributed by atoms with Gasteiger partial charge in [-0.1, -0.05) is 18.2 Å². The lowest BCUT2D eigenvalue weighted by molar-refractivity contribution is -0.131. The van der Waals surface area contributed by atoms with Gasteiger partial charge in [-0.3, -0.25) is 4.79 Å². The number of para-hydroxylation sites is 1. The van der Waals surface area contributed by atoms with Gasteiger partial charge in [0.15, 0.2) is 0 Å². The highest BCUT2D eigenvalue weighted by Gasteiger charge is 2.22. The summed E-state index contributed by atoms with van der Waals surface area (Å²) in [4.78, 5) is 13.8. The normalized spacial score (nSPS) is 17.1. The van der Waals surface area contributed by atoms with Crippen molar-refractivity contribution in [1.29, 1.82) is 0 Å². The van der Waals surface area contributed by atoms with Gasteiger partial charge in [-0.05, 0) is 18.9 Å². The summed E-state index contributed by atoms with van der Waals surface area (Å²) in [6.45, 7) is 1.89. The molecule has 0 radical (unpaired) electrons. The van der Waals surface area contributed by atoms with Crippen LogP contribution in [0.1, 0.15) is 18.4 Å². The second-order valence-electron chi connectivity index (χ2n) is 4.93. The molecule has 0 bridgehead atoms. The first-order chi connectivity index (χ1) is 9.74. The lowest BCUT2D eigenvalue weighted by atomic mass is 10.1. The molecule has 0 aliphatic carbocycles. The first kappa shape index (κ1) is 17.8. The maximum atomic E-state index is 12.0. The summed E-state index contributed by atoms with van der Waals surface area (Å²) in [5.74, 6) is 0.723. The van der Waals surface area contributed by atoms with E-state index in [0.29, 0.717) is 13.1 Å². The van der Waals surface area contributed by atoms with Gasteiger partial charge < -0.3 is 20.1 Å². The summed E-state index contributed by atoms with van der Waals surface area (Å²) in [5, 5.41) is 0. The van der Waals surface area contributed by atoms with Crippen molar-refractivity contribution < 1.29 is 14.3 Å². The molecule has 21 heavy (non-hydrogen) atoms. The molecule has 0 spiro atoms. The molecule has 1 aliphatic heterocycles. The molecule has 1 atom stereocenters. The summed E-state index contributed by atoms with van der Waals surface area (Å²) < 4.78 is 10.9. The van der Waals surface area contributed by atoms with Gasteiger partial charge in [0.1, 0.15) is 5.75 Å². The SMILES string of the molecule is COc1ccccc1CN(CC1CCCO1)C(=O)CN.Cl. The third kappa shape index (κ3) is 4.88. The van der Waals surface area contributed by atoms with Gasteiger partial charge in [0.05, 0.1) is 19.8 Å². The van der Waals surface area contributed by atoms with Crippen LogP contribution in [0.4, 0.5) is 0 Å². The molecule has 6 heteroatoms. The average Bonchev–Trinajstić information content (AvgIpc) is 2.99. The quantitative estimate of drug-likeness (QED) is 0.866. The van der Waals surface area contributed by atoms with E-state index in [1.54, 1.807) is 12.0 Å². The van der Waals surface area contributed by atoms with E-state index < -0.39 is 0 Å². The van der Waals surface area contributed by atoms with E-state index >= 15 is 0 Å². The molecule has 1 fully saturated rings. The molecule has 0 aromatic heterocycles. The topological polar surface area (TPSA) is 64.8 Å². The predicted octanol–water partition coefficient (Wildman–Crippen LogP) is 1.58. The Morgan fingerprint density at radius 3 is 2.86 bits per heavy atom. The van der Waals surface area contributed by atoms with Crippen LogP contribution in [0.15, 0.2) is 24.3 Å². The number of nitrogens with two attached hydrogens (primary N) is 1. The van der Waals surface area contributed by atoms with Crippen molar-refractivity contribution >= 4 is 18.3 Å². The van der Waals surface area contributed by atoms with E-state index in [0.717, 1.165) is 30.8 Å². The molecule has 1 aromatic carbocycles. The van der Waals surface area contributed by atoms with E-state index in [4.69, 9.17) is 15.2 Å². The third-order valence-electron chi connectivity index (χ3n) is 3.53. The Hall–Kier alpha value is -1.30. The standard InChI is InChI=1S/C15H22N2O3.ClH/c1-19-14-7-3-2-5-12(14)10-17(15(18)9-16)11-13-6-4-8-20-13;/h2-3,5,7,13H,4,6,8-11,16H2,1H3;1H. The largest absolute Gasteiger partial charge is 0.496 e. The maximum Gasteiger partial charge on any atom is 0.236 e. The summed E-state index contributed by atoms with van der Waals surface area (Å²) >= 11 is 0. The van der Waals surface area contributed by atoms with Crippen molar-refractivity contribution in [3.63, 3.8) is 0 Å². The Bertz CT molecular complexity index is 450. The van der Waals surface area contributed by atoms with Crippen LogP contribution in [-0.4, -0.2) is 43.7 Å². The molecule has 1 aromatic rings. The number of hydrogen-bond acceptors (Lipinski definition) is 4. The van der Waals surface area contributed by atoms with Gasteiger partial charge in [0, 0.05) is 25.3 Å². The van der Waals surface area contributed by atoms with E-state index in [-0.39, 0.29) is 31.0 Å². The molecule has 1 heterocycles. The zero-order chi connectivity index (χ0) is 14.4. The van der Waals surface area contributed by atoms with Crippen LogP contribution < -0.4 is 10.5 Å². The van der Waals surface area contributed by atoms with Crippen molar-refractivity contribution in [3.05, 3.63) is 29.8 Å². The number of benzene rings is 1. The fourth-order valence-corrected chi connectivity index (χ4v) is 2.46. The molecule has 5 nitrogen and oxygen atoms in total. The van der Waals surface area contributed by atoms with Gasteiger partial charge in [0.25, 0.3) is 0 Å². The zero-order valence-corrected chi connectivity index (χ0v) is 13.1. The molecule has 0 saturated carbocycles. The zero-order valence-electron chi connectivity index (χ0n) is 12.3. The van der Waals surface area contributed by atoms with Gasteiger partial charge >= 0.3 is 0 Å². The number of carbonyl (C=O) groups is 1. The second kappa shape index (κ2) is 8.87. The Labute approximate surface area is 131 Å². The molecule has 1 aliphatic rings. The highest BCUT2D eigenvalue weighted by Crippen LogP contribution is 2.21. The van der Waals surface area contributed by atoms with E-state index in [2.05, 4.69) is 0 Å². The molecule has 1 saturated heterocycles. The van der Waals surface area contributed by atoms with Crippen LogP contribution in [0, 0.1) is 0 Å². The molecule has 2 N–H and O–H groups in total. The minimum atomic E-state index is -0.0635. The number of nitrogens with zero attached hydrogens (tertiary/aromatic N) is 1. The molecular formula is C15H23ClN2O3. The summed E-state index contributed by atoms with van der Waals surface area (Å²) in [5.41, 5.74) is 6.49. The number of amides is 1. The maximum absolute atomic E-state index is 12.0. The van der Waals surface area contributed by atoms with Crippen LogP contribution in [0.25, 0.3) is 0 Å². The van der Waals surface area contributed by atoms with Crippen LogP contribution >= 0.6 is 12.4 Å². The Balaban J connectivity index is 0.00000220. The van der Waals surface area contributed by atoms with Crippen molar-refractivity contribution in [3.8, 4) is 5.75 Å². The van der Waals surface area contributed by atoms with Gasteiger partial charge in [0.2, 0.25) is 5.91 Å². The summed E-state index contributed by atoms with van der Waals surface area (Å²) in [7, 11) is 1.63. The molecule has 1 amide bonds. The van der Waals surface area contributed by atoms with Crippen LogP contribution in [-0.2, 0) is 16.1 Å². The minimum absolute atomic E-state index is 0.